The van der Waals surface area contributed by atoms with Gasteiger partial charge < -0.3 is 45.4 Å². The molecule has 0 aromatic heterocycles. The van der Waals surface area contributed by atoms with E-state index in [1.54, 1.807) is 0 Å². The zero-order valence-electron chi connectivity index (χ0n) is 16.3. The van der Waals surface area contributed by atoms with Crippen molar-refractivity contribution in [2.45, 2.75) is 0 Å². The topological polar surface area (TPSA) is 98.4 Å². The quantitative estimate of drug-likeness (QED) is 0.134. The van der Waals surface area contributed by atoms with Gasteiger partial charge in [0.05, 0.1) is 38.9 Å². The fourth-order valence-corrected chi connectivity index (χ4v) is 2.89. The first-order chi connectivity index (χ1) is 13.7. The van der Waals surface area contributed by atoms with Crippen LogP contribution in [0.2, 0.25) is 0 Å². The second-order valence-electron chi connectivity index (χ2n) is 6.10. The van der Waals surface area contributed by atoms with Gasteiger partial charge in [-0.1, -0.05) is 0 Å². The van der Waals surface area contributed by atoms with Crippen LogP contribution >= 0.6 is 0 Å². The van der Waals surface area contributed by atoms with E-state index in [1.807, 2.05) is 0 Å². The number of nitrogens with zero attached hydrogens (tertiary/aromatic N) is 6. The van der Waals surface area contributed by atoms with E-state index in [0.29, 0.717) is 10.3 Å². The minimum Gasteiger partial charge on any atom is -0.741 e. The molecule has 167 valence electrons. The van der Waals surface area contributed by atoms with E-state index in [0.717, 1.165) is 78.8 Å². The summed E-state index contributed by atoms with van der Waals surface area (Å²) >= 11 is 10.2. The Kier molecular flexibility index (Phi) is 15.2. The second-order valence-corrected chi connectivity index (χ2v) is 6.87. The van der Waals surface area contributed by atoms with Gasteiger partial charge in [-0.15, -0.1) is 0 Å². The molecule has 0 spiro atoms. The van der Waals surface area contributed by atoms with Gasteiger partial charge in [-0.2, -0.15) is 20.4 Å². The summed E-state index contributed by atoms with van der Waals surface area (Å²) in [4.78, 5) is 4.63. The zero-order chi connectivity index (χ0) is 19.9. The summed E-state index contributed by atoms with van der Waals surface area (Å²) < 4.78 is 10.6. The van der Waals surface area contributed by atoms with Gasteiger partial charge in [0.15, 0.2) is 0 Å². The van der Waals surface area contributed by atoms with Gasteiger partial charge in [-0.25, -0.2) is 0 Å². The molecular formula is C16H28CuN8O2S2. The van der Waals surface area contributed by atoms with Crippen molar-refractivity contribution in [3.8, 4) is 0 Å². The molecule has 0 amide bonds. The monoisotopic (exact) mass is 491 g/mol. The molecule has 1 radical (unpaired) electrons. The summed E-state index contributed by atoms with van der Waals surface area (Å²) in [7, 11) is 0. The fourth-order valence-electron chi connectivity index (χ4n) is 2.59. The normalized spacial score (nSPS) is 20.1. The van der Waals surface area contributed by atoms with Crippen molar-refractivity contribution in [1.82, 2.24) is 20.4 Å². The first kappa shape index (κ1) is 26.1. The van der Waals surface area contributed by atoms with Crippen LogP contribution in [-0.2, 0) is 51.8 Å². The van der Waals surface area contributed by atoms with Crippen LogP contribution in [-0.4, -0.2) is 111 Å². The molecule has 0 bridgehead atoms. The maximum Gasteiger partial charge on any atom is 2.00 e. The van der Waals surface area contributed by atoms with Crippen molar-refractivity contribution in [1.29, 1.82) is 0 Å². The Morgan fingerprint density at radius 1 is 0.759 bits per heavy atom. The summed E-state index contributed by atoms with van der Waals surface area (Å²) in [6.45, 7) is 10.2. The fraction of sp³-hybridized carbons (Fsp3) is 0.750. The Morgan fingerprint density at radius 3 is 1.52 bits per heavy atom. The largest absolute Gasteiger partial charge is 2.00 e. The van der Waals surface area contributed by atoms with Crippen LogP contribution in [0.4, 0.5) is 0 Å². The summed E-state index contributed by atoms with van der Waals surface area (Å²) in [6.07, 6.45) is 2.82. The summed E-state index contributed by atoms with van der Waals surface area (Å²) in [6, 6.07) is 0. The van der Waals surface area contributed by atoms with E-state index in [1.165, 1.54) is 12.4 Å². The van der Waals surface area contributed by atoms with Crippen molar-refractivity contribution in [2.75, 3.05) is 78.8 Å². The Bertz CT molecular complexity index is 505. The van der Waals surface area contributed by atoms with Crippen molar-refractivity contribution in [2.24, 2.45) is 20.4 Å². The van der Waals surface area contributed by atoms with Gasteiger partial charge in [0.1, 0.15) is 0 Å². The van der Waals surface area contributed by atoms with Crippen molar-refractivity contribution in [3.63, 3.8) is 0 Å². The molecule has 13 heteroatoms. The third-order valence-corrected chi connectivity index (χ3v) is 4.57. The molecule has 0 unspecified atom stereocenters. The molecular weight excluding hydrogens is 464 g/mol. The van der Waals surface area contributed by atoms with Gasteiger partial charge >= 0.3 is 17.1 Å². The smallest absolute Gasteiger partial charge is 0.741 e. The molecule has 2 saturated heterocycles. The number of nitrogens with one attached hydrogen (secondary N) is 2. The third-order valence-electron chi connectivity index (χ3n) is 4.11. The third kappa shape index (κ3) is 13.1. The number of rotatable bonds is 9. The van der Waals surface area contributed by atoms with E-state index >= 15 is 0 Å². The van der Waals surface area contributed by atoms with Gasteiger partial charge in [0, 0.05) is 52.4 Å². The molecule has 0 aliphatic carbocycles. The Balaban J connectivity index is 0.00000420. The Labute approximate surface area is 193 Å². The predicted octanol–water partition coefficient (Wildman–Crippen LogP) is -1.40. The molecule has 0 saturated carbocycles. The minimum atomic E-state index is 0. The molecule has 0 aromatic carbocycles. The number of morpholine rings is 2. The average Bonchev–Trinajstić information content (AvgIpc) is 2.72. The molecule has 29 heavy (non-hydrogen) atoms. The van der Waals surface area contributed by atoms with Gasteiger partial charge in [0.25, 0.3) is 0 Å². The molecule has 2 heterocycles. The maximum atomic E-state index is 5.31. The van der Waals surface area contributed by atoms with Crippen LogP contribution in [0.5, 0.6) is 0 Å². The average molecular weight is 492 g/mol. The van der Waals surface area contributed by atoms with E-state index in [9.17, 15) is 0 Å². The van der Waals surface area contributed by atoms with Crippen LogP contribution in [0.15, 0.2) is 20.4 Å². The minimum absolute atomic E-state index is 0. The van der Waals surface area contributed by atoms with Crippen LogP contribution in [0.3, 0.4) is 0 Å². The first-order valence-corrected chi connectivity index (χ1v) is 10.2. The van der Waals surface area contributed by atoms with E-state index < -0.39 is 0 Å². The molecule has 2 N–H and O–H groups in total. The molecule has 0 atom stereocenters. The molecule has 2 fully saturated rings. The second kappa shape index (κ2) is 16.8. The Morgan fingerprint density at radius 2 is 1.14 bits per heavy atom. The van der Waals surface area contributed by atoms with Crippen molar-refractivity contribution < 1.29 is 26.5 Å². The van der Waals surface area contributed by atoms with Gasteiger partial charge in [0.2, 0.25) is 0 Å². The van der Waals surface area contributed by atoms with Gasteiger partial charge in [-0.05, 0) is 10.3 Å². The van der Waals surface area contributed by atoms with Crippen LogP contribution in [0.1, 0.15) is 0 Å². The number of ether oxygens (including phenoxy) is 2. The first-order valence-electron chi connectivity index (χ1n) is 9.36. The summed E-state index contributed by atoms with van der Waals surface area (Å²) in [5, 5.41) is 22.2. The van der Waals surface area contributed by atoms with Crippen LogP contribution in [0.25, 0.3) is 0 Å². The van der Waals surface area contributed by atoms with Crippen molar-refractivity contribution >= 4 is 48.0 Å². The SMILES string of the molecule is [Cu+2].[S-]C(=NN=CC=NN=C([S-])NCCN1CCOCC1)NCCN1CCOCC1. The molecule has 0 aromatic rings. The molecule has 10 nitrogen and oxygen atoms in total. The van der Waals surface area contributed by atoms with Crippen LogP contribution < -0.4 is 10.6 Å². The molecule has 2 rings (SSSR count). The van der Waals surface area contributed by atoms with E-state index in [2.05, 4.69) is 40.8 Å². The molecule has 2 aliphatic heterocycles. The zero-order valence-corrected chi connectivity index (χ0v) is 18.8. The number of hydrogen-bond donors (Lipinski definition) is 2. The summed E-state index contributed by atoms with van der Waals surface area (Å²) in [5.41, 5.74) is 0. The number of hydrogen-bond acceptors (Lipinski definition) is 10. The van der Waals surface area contributed by atoms with E-state index in [4.69, 9.17) is 34.7 Å². The van der Waals surface area contributed by atoms with Crippen molar-refractivity contribution in [3.05, 3.63) is 0 Å². The maximum absolute atomic E-state index is 5.31. The predicted molar refractivity (Wildman–Crippen MR) is 117 cm³/mol. The van der Waals surface area contributed by atoms with E-state index in [-0.39, 0.29) is 17.1 Å². The Hall–Kier alpha value is -0.921. The van der Waals surface area contributed by atoms with Crippen LogP contribution in [0, 0.1) is 0 Å². The molecule has 2 aliphatic rings. The number of amidine groups is 2. The summed E-state index contributed by atoms with van der Waals surface area (Å²) in [5.74, 6) is 0. The van der Waals surface area contributed by atoms with Gasteiger partial charge in [-0.3, -0.25) is 9.80 Å². The standard InChI is InChI=1S/C16H30N8O2S2.Cu/c27-15(17-3-5-23-7-11-25-12-8-23)21-19-1-2-20-22-16(28)18-4-6-24-9-13-26-14-10-24;/h1-2H,3-14H2,(H2,17,21,27)(H2,18,22,28);/q;+2/p-2.